The molecule has 1 N–H and O–H groups in total. The highest BCUT2D eigenvalue weighted by molar-refractivity contribution is 5.87. The Bertz CT molecular complexity index is 474. The van der Waals surface area contributed by atoms with E-state index >= 15 is 0 Å². The van der Waals surface area contributed by atoms with Crippen molar-refractivity contribution in [1.29, 1.82) is 0 Å². The van der Waals surface area contributed by atoms with Crippen LogP contribution in [0, 0.1) is 0 Å². The van der Waals surface area contributed by atoms with E-state index in [1.54, 1.807) is 7.11 Å². The maximum Gasteiger partial charge on any atom is 0.150 e. The van der Waals surface area contributed by atoms with Crippen molar-refractivity contribution in [2.24, 2.45) is 0 Å². The van der Waals surface area contributed by atoms with Gasteiger partial charge in [0, 0.05) is 18.4 Å². The Morgan fingerprint density at radius 2 is 2.00 bits per heavy atom. The lowest BCUT2D eigenvalue weighted by molar-refractivity contribution is 0.150. The molecule has 1 aliphatic carbocycles. The largest absolute Gasteiger partial charge is 0.358 e. The Kier molecular flexibility index (Phi) is 4.21. The fourth-order valence-electron chi connectivity index (χ4n) is 2.49. The predicted molar refractivity (Wildman–Crippen MR) is 77.5 cm³/mol. The van der Waals surface area contributed by atoms with Crippen molar-refractivity contribution in [2.75, 3.05) is 12.4 Å². The number of hydrogen-bond donors (Lipinski definition) is 1. The zero-order chi connectivity index (χ0) is 13.0. The van der Waals surface area contributed by atoms with Gasteiger partial charge in [0.25, 0.3) is 0 Å². The summed E-state index contributed by atoms with van der Waals surface area (Å²) >= 11 is 0. The fourth-order valence-corrected chi connectivity index (χ4v) is 2.49. The standard InChI is InChI=1S/C14H15NO.C2H6/c1-16-14-12-8-3-2-6-10(12)11-7-4-5-9-13(11)15-14;1-2/h2,4-7,9,14-15H,3,8H2,1H3;1-2H3. The molecule has 0 fully saturated rings. The number of allylic oxidation sites excluding steroid dienone is 3. The molecule has 0 saturated carbocycles. The molecular weight excluding hydrogens is 222 g/mol. The summed E-state index contributed by atoms with van der Waals surface area (Å²) < 4.78 is 5.51. The van der Waals surface area contributed by atoms with Crippen LogP contribution in [0.4, 0.5) is 5.69 Å². The third kappa shape index (κ3) is 2.21. The molecule has 96 valence electrons. The summed E-state index contributed by atoms with van der Waals surface area (Å²) in [6, 6.07) is 8.41. The number of fused-ring (bicyclic) bond motifs is 2. The first-order valence-corrected chi connectivity index (χ1v) is 6.68. The van der Waals surface area contributed by atoms with Crippen molar-refractivity contribution in [1.82, 2.24) is 0 Å². The summed E-state index contributed by atoms with van der Waals surface area (Å²) in [7, 11) is 1.76. The molecule has 0 saturated heterocycles. The van der Waals surface area contributed by atoms with E-state index in [4.69, 9.17) is 4.74 Å². The van der Waals surface area contributed by atoms with Gasteiger partial charge in [-0.15, -0.1) is 0 Å². The molecule has 0 spiro atoms. The third-order valence-corrected chi connectivity index (χ3v) is 3.27. The molecule has 1 aromatic carbocycles. The average molecular weight is 243 g/mol. The van der Waals surface area contributed by atoms with Crippen LogP contribution in [0.5, 0.6) is 0 Å². The van der Waals surface area contributed by atoms with E-state index in [0.29, 0.717) is 0 Å². The van der Waals surface area contributed by atoms with Crippen LogP contribution in [0.15, 0.2) is 42.0 Å². The topological polar surface area (TPSA) is 21.3 Å². The molecule has 1 atom stereocenters. The van der Waals surface area contributed by atoms with Crippen LogP contribution in [0.1, 0.15) is 32.3 Å². The second kappa shape index (κ2) is 5.87. The van der Waals surface area contributed by atoms with Gasteiger partial charge in [0.15, 0.2) is 6.23 Å². The molecule has 1 aliphatic heterocycles. The van der Waals surface area contributed by atoms with Crippen molar-refractivity contribution in [2.45, 2.75) is 32.9 Å². The van der Waals surface area contributed by atoms with Gasteiger partial charge in [0.05, 0.1) is 0 Å². The second-order valence-corrected chi connectivity index (χ2v) is 4.19. The van der Waals surface area contributed by atoms with E-state index in [0.717, 1.165) is 12.8 Å². The second-order valence-electron chi connectivity index (χ2n) is 4.19. The van der Waals surface area contributed by atoms with E-state index < -0.39 is 0 Å². The number of hydrogen-bond acceptors (Lipinski definition) is 2. The van der Waals surface area contributed by atoms with Crippen LogP contribution >= 0.6 is 0 Å². The Balaban J connectivity index is 0.000000574. The van der Waals surface area contributed by atoms with E-state index in [1.165, 1.54) is 22.4 Å². The number of nitrogens with one attached hydrogen (secondary N) is 1. The molecule has 1 heterocycles. The van der Waals surface area contributed by atoms with Crippen molar-refractivity contribution < 1.29 is 4.74 Å². The number of anilines is 1. The van der Waals surface area contributed by atoms with Gasteiger partial charge in [0.1, 0.15) is 0 Å². The Morgan fingerprint density at radius 3 is 2.78 bits per heavy atom. The Morgan fingerprint density at radius 1 is 1.22 bits per heavy atom. The summed E-state index contributed by atoms with van der Waals surface area (Å²) in [5.74, 6) is 0. The highest BCUT2D eigenvalue weighted by Crippen LogP contribution is 2.38. The quantitative estimate of drug-likeness (QED) is 0.797. The minimum absolute atomic E-state index is 0.0369. The minimum atomic E-state index is 0.0369. The average Bonchev–Trinajstić information content (AvgIpc) is 2.48. The monoisotopic (exact) mass is 243 g/mol. The molecule has 1 unspecified atom stereocenters. The molecule has 2 nitrogen and oxygen atoms in total. The highest BCUT2D eigenvalue weighted by Gasteiger charge is 2.25. The lowest BCUT2D eigenvalue weighted by Gasteiger charge is -2.31. The van der Waals surface area contributed by atoms with Crippen molar-refractivity contribution in [3.8, 4) is 0 Å². The molecule has 0 bridgehead atoms. The zero-order valence-corrected chi connectivity index (χ0v) is 11.4. The van der Waals surface area contributed by atoms with Gasteiger partial charge in [-0.05, 0) is 30.1 Å². The number of methoxy groups -OCH3 is 1. The summed E-state index contributed by atoms with van der Waals surface area (Å²) in [6.07, 6.45) is 6.71. The number of para-hydroxylation sites is 1. The first-order chi connectivity index (χ1) is 8.90. The van der Waals surface area contributed by atoms with Gasteiger partial charge in [-0.2, -0.15) is 0 Å². The van der Waals surface area contributed by atoms with Crippen molar-refractivity contribution in [3.63, 3.8) is 0 Å². The normalized spacial score (nSPS) is 20.3. The van der Waals surface area contributed by atoms with E-state index in [2.05, 4.69) is 41.7 Å². The van der Waals surface area contributed by atoms with Gasteiger partial charge >= 0.3 is 0 Å². The Hall–Kier alpha value is -1.54. The first-order valence-electron chi connectivity index (χ1n) is 6.68. The lowest BCUT2D eigenvalue weighted by atomic mass is 9.87. The maximum atomic E-state index is 5.51. The van der Waals surface area contributed by atoms with Crippen LogP contribution in [0.3, 0.4) is 0 Å². The van der Waals surface area contributed by atoms with Gasteiger partial charge in [-0.25, -0.2) is 0 Å². The molecule has 2 heteroatoms. The lowest BCUT2D eigenvalue weighted by Crippen LogP contribution is -2.29. The molecule has 0 radical (unpaired) electrons. The number of ether oxygens (including phenoxy) is 1. The van der Waals surface area contributed by atoms with Crippen LogP contribution in [0.25, 0.3) is 5.57 Å². The molecule has 18 heavy (non-hydrogen) atoms. The summed E-state index contributed by atoms with van der Waals surface area (Å²) in [4.78, 5) is 0. The molecule has 0 amide bonds. The van der Waals surface area contributed by atoms with Gasteiger partial charge in [-0.3, -0.25) is 0 Å². The predicted octanol–water partition coefficient (Wildman–Crippen LogP) is 4.21. The third-order valence-electron chi connectivity index (χ3n) is 3.27. The van der Waals surface area contributed by atoms with Gasteiger partial charge in [-0.1, -0.05) is 44.2 Å². The van der Waals surface area contributed by atoms with Crippen LogP contribution < -0.4 is 5.32 Å². The summed E-state index contributed by atoms with van der Waals surface area (Å²) in [5, 5.41) is 3.43. The first kappa shape index (κ1) is 12.9. The Labute approximate surface area is 109 Å². The van der Waals surface area contributed by atoms with E-state index in [-0.39, 0.29) is 6.23 Å². The smallest absolute Gasteiger partial charge is 0.150 e. The molecule has 3 rings (SSSR count). The molecular formula is C16H21NO. The van der Waals surface area contributed by atoms with Gasteiger partial charge in [0.2, 0.25) is 0 Å². The minimum Gasteiger partial charge on any atom is -0.358 e. The zero-order valence-electron chi connectivity index (χ0n) is 11.4. The highest BCUT2D eigenvalue weighted by atomic mass is 16.5. The maximum absolute atomic E-state index is 5.51. The summed E-state index contributed by atoms with van der Waals surface area (Å²) in [6.45, 7) is 4.00. The molecule has 0 aromatic heterocycles. The molecule has 2 aliphatic rings. The van der Waals surface area contributed by atoms with Crippen molar-refractivity contribution >= 4 is 11.3 Å². The van der Waals surface area contributed by atoms with Crippen molar-refractivity contribution in [3.05, 3.63) is 47.6 Å². The number of rotatable bonds is 1. The van der Waals surface area contributed by atoms with E-state index in [9.17, 15) is 0 Å². The van der Waals surface area contributed by atoms with Crippen LogP contribution in [0.2, 0.25) is 0 Å². The number of benzene rings is 1. The fraction of sp³-hybridized carbons (Fsp3) is 0.375. The molecule has 1 aromatic rings. The van der Waals surface area contributed by atoms with E-state index in [1.807, 2.05) is 13.8 Å². The van der Waals surface area contributed by atoms with Crippen LogP contribution in [-0.2, 0) is 4.74 Å². The van der Waals surface area contributed by atoms with Gasteiger partial charge < -0.3 is 10.1 Å². The SMILES string of the molecule is CC.COC1Nc2ccccc2C2=C1CCC=C2. The van der Waals surface area contributed by atoms with Crippen LogP contribution in [-0.4, -0.2) is 13.3 Å². The summed E-state index contributed by atoms with van der Waals surface area (Å²) in [5.41, 5.74) is 5.18.